The van der Waals surface area contributed by atoms with Crippen molar-refractivity contribution >= 4 is 41.4 Å². The number of rotatable bonds is 6. The molecular weight excluding hydrogens is 560 g/mol. The molecule has 1 aliphatic heterocycles. The molecule has 226 valence electrons. The summed E-state index contributed by atoms with van der Waals surface area (Å²) >= 11 is 0. The number of ketones is 1. The fourth-order valence-electron chi connectivity index (χ4n) is 7.44. The molecule has 5 rings (SSSR count). The Morgan fingerprint density at radius 1 is 0.953 bits per heavy atom. The zero-order valence-corrected chi connectivity index (χ0v) is 24.4. The van der Waals surface area contributed by atoms with Gasteiger partial charge in [-0.3, -0.25) is 33.7 Å². The van der Waals surface area contributed by atoms with Crippen LogP contribution in [0.4, 0.5) is 0 Å². The molecule has 12 nitrogen and oxygen atoms in total. The molecule has 0 aromatic heterocycles. The topological polar surface area (TPSA) is 162 Å². The number of likely N-dealkylation sites (tertiary alicyclic amines) is 1. The first kappa shape index (κ1) is 29.9. The first-order valence-electron chi connectivity index (χ1n) is 13.9. The van der Waals surface area contributed by atoms with Crippen molar-refractivity contribution in [3.8, 4) is 0 Å². The van der Waals surface area contributed by atoms with E-state index >= 15 is 0 Å². The summed E-state index contributed by atoms with van der Waals surface area (Å²) in [6, 6.07) is 8.23. The van der Waals surface area contributed by atoms with Crippen molar-refractivity contribution in [2.24, 2.45) is 35.5 Å². The lowest BCUT2D eigenvalue weighted by Crippen LogP contribution is -2.57. The number of carbonyl (C=O) groups is 7. The van der Waals surface area contributed by atoms with Crippen LogP contribution in [0.3, 0.4) is 0 Å². The van der Waals surface area contributed by atoms with E-state index in [9.17, 15) is 33.6 Å². The highest BCUT2D eigenvalue weighted by Gasteiger charge is 2.67. The van der Waals surface area contributed by atoms with Crippen LogP contribution in [0.1, 0.15) is 30.6 Å². The molecule has 7 atom stereocenters. The van der Waals surface area contributed by atoms with Crippen LogP contribution in [0, 0.1) is 35.5 Å². The molecule has 43 heavy (non-hydrogen) atoms. The number of Topliss-reactive ketones (excluding diaryl/α,β-unsaturated/α-hetero) is 1. The highest BCUT2D eigenvalue weighted by molar-refractivity contribution is 6.14. The quantitative estimate of drug-likeness (QED) is 0.287. The van der Waals surface area contributed by atoms with Gasteiger partial charge in [0.2, 0.25) is 11.8 Å². The number of carbonyl (C=O) groups excluding carboxylic acids is 7. The van der Waals surface area contributed by atoms with Crippen molar-refractivity contribution in [2.75, 3.05) is 27.9 Å². The lowest BCUT2D eigenvalue weighted by Gasteiger charge is -2.39. The molecule has 0 saturated carbocycles. The number of fused-ring (bicyclic) bond motifs is 2. The van der Waals surface area contributed by atoms with Crippen LogP contribution in [0.5, 0.6) is 0 Å². The van der Waals surface area contributed by atoms with E-state index in [0.717, 1.165) is 12.0 Å². The van der Waals surface area contributed by atoms with E-state index in [1.165, 1.54) is 27.2 Å². The average Bonchev–Trinajstić information content (AvgIpc) is 3.28. The van der Waals surface area contributed by atoms with Crippen LogP contribution in [-0.2, 0) is 43.0 Å². The smallest absolute Gasteiger partial charge is 0.333 e. The van der Waals surface area contributed by atoms with Gasteiger partial charge in [-0.05, 0) is 37.3 Å². The van der Waals surface area contributed by atoms with E-state index in [-0.39, 0.29) is 23.1 Å². The Balaban J connectivity index is 1.71. The fourth-order valence-corrected chi connectivity index (χ4v) is 7.44. The van der Waals surface area contributed by atoms with Crippen molar-refractivity contribution in [2.45, 2.75) is 25.8 Å². The number of methoxy groups -OCH3 is 3. The Bertz CT molecular complexity index is 1510. The molecule has 3 amide bonds. The number of amides is 3. The summed E-state index contributed by atoms with van der Waals surface area (Å²) in [5.41, 5.74) is -0.724. The van der Waals surface area contributed by atoms with Crippen LogP contribution in [0.25, 0.3) is 0 Å². The molecule has 0 bridgehead atoms. The Labute approximate surface area is 247 Å². The van der Waals surface area contributed by atoms with Crippen molar-refractivity contribution in [1.29, 1.82) is 0 Å². The maximum Gasteiger partial charge on any atom is 0.333 e. The third-order valence-corrected chi connectivity index (χ3v) is 9.33. The molecule has 3 aliphatic carbocycles. The lowest BCUT2D eigenvalue weighted by atomic mass is 9.62. The van der Waals surface area contributed by atoms with Gasteiger partial charge in [0.05, 0.1) is 39.1 Å². The molecular formula is C31H32N2O10. The summed E-state index contributed by atoms with van der Waals surface area (Å²) in [7, 11) is 3.49. The summed E-state index contributed by atoms with van der Waals surface area (Å²) in [5, 5.41) is 2.85. The minimum atomic E-state index is -1.71. The predicted octanol–water partition coefficient (Wildman–Crippen LogP) is 1.00. The molecule has 1 heterocycles. The summed E-state index contributed by atoms with van der Waals surface area (Å²) in [6.07, 6.45) is 1.26. The third-order valence-electron chi connectivity index (χ3n) is 9.33. The average molecular weight is 593 g/mol. The van der Waals surface area contributed by atoms with Crippen LogP contribution in [0.15, 0.2) is 53.1 Å². The Morgan fingerprint density at radius 3 is 2.21 bits per heavy atom. The summed E-state index contributed by atoms with van der Waals surface area (Å²) < 4.78 is 14.8. The summed E-state index contributed by atoms with van der Waals surface area (Å²) in [6.45, 7) is 2.56. The zero-order valence-electron chi connectivity index (χ0n) is 24.4. The normalized spacial score (nSPS) is 31.0. The van der Waals surface area contributed by atoms with Gasteiger partial charge < -0.3 is 19.5 Å². The summed E-state index contributed by atoms with van der Waals surface area (Å²) in [4.78, 5) is 94.8. The number of esters is 3. The van der Waals surface area contributed by atoms with Crippen LogP contribution < -0.4 is 5.32 Å². The first-order chi connectivity index (χ1) is 20.4. The maximum absolute atomic E-state index is 14.5. The van der Waals surface area contributed by atoms with Gasteiger partial charge in [0.15, 0.2) is 5.78 Å². The van der Waals surface area contributed by atoms with Crippen LogP contribution in [0.2, 0.25) is 0 Å². The number of imide groups is 1. The minimum Gasteiger partial charge on any atom is -0.469 e. The molecule has 4 aliphatic rings. The van der Waals surface area contributed by atoms with Gasteiger partial charge in [-0.1, -0.05) is 36.8 Å². The Morgan fingerprint density at radius 2 is 1.60 bits per heavy atom. The molecule has 0 radical (unpaired) electrons. The van der Waals surface area contributed by atoms with Gasteiger partial charge in [0.1, 0.15) is 12.1 Å². The van der Waals surface area contributed by atoms with Crippen molar-refractivity contribution in [3.05, 3.63) is 58.7 Å². The number of hydrogen-bond donors (Lipinski definition) is 1. The predicted molar refractivity (Wildman–Crippen MR) is 146 cm³/mol. The maximum atomic E-state index is 14.5. The zero-order chi connectivity index (χ0) is 31.4. The standard InChI is InChI=1S/C31H32N2O10/c1-14-20-22-17(23-21(14)27(37)33(28(23)38)13-19(34)41-3)11-16(29(39)42-4)12-18(30(40)43-5)24(22)31(2,25(20)35)32-26(36)15-9-7-6-8-10-15/h6-10,12,14,17-18,21,23-24H,11,13H2,1-5H3,(H,32,36)/t14?,17?,18?,21?,23?,24?,31-/m1/s1. The molecule has 1 saturated heterocycles. The second-order valence-electron chi connectivity index (χ2n) is 11.4. The van der Waals surface area contributed by atoms with E-state index in [0.29, 0.717) is 5.57 Å². The number of nitrogens with zero attached hydrogens (tertiary/aromatic N) is 1. The second-order valence-corrected chi connectivity index (χ2v) is 11.4. The minimum absolute atomic E-state index is 0.0632. The van der Waals surface area contributed by atoms with Crippen molar-refractivity contribution in [3.63, 3.8) is 0 Å². The lowest BCUT2D eigenvalue weighted by molar-refractivity contribution is -0.151. The summed E-state index contributed by atoms with van der Waals surface area (Å²) in [5.74, 6) is -10.7. The van der Waals surface area contributed by atoms with Gasteiger partial charge >= 0.3 is 17.9 Å². The molecule has 1 fully saturated rings. The molecule has 6 unspecified atom stereocenters. The van der Waals surface area contributed by atoms with Gasteiger partial charge in [-0.25, -0.2) is 4.79 Å². The van der Waals surface area contributed by atoms with Gasteiger partial charge in [0, 0.05) is 22.6 Å². The first-order valence-corrected chi connectivity index (χ1v) is 13.9. The largest absolute Gasteiger partial charge is 0.469 e. The van der Waals surface area contributed by atoms with Crippen LogP contribution in [-0.4, -0.2) is 79.7 Å². The number of nitrogens with one attached hydrogen (secondary N) is 1. The van der Waals surface area contributed by atoms with Crippen molar-refractivity contribution < 1.29 is 47.8 Å². The highest BCUT2D eigenvalue weighted by Crippen LogP contribution is 2.60. The molecule has 12 heteroatoms. The molecule has 1 aromatic carbocycles. The second kappa shape index (κ2) is 10.9. The van der Waals surface area contributed by atoms with Gasteiger partial charge in [-0.15, -0.1) is 0 Å². The van der Waals surface area contributed by atoms with E-state index < -0.39 is 89.0 Å². The number of ether oxygens (including phenoxy) is 3. The number of benzene rings is 1. The third kappa shape index (κ3) is 4.47. The van der Waals surface area contributed by atoms with Crippen LogP contribution >= 0.6 is 0 Å². The van der Waals surface area contributed by atoms with E-state index in [4.69, 9.17) is 9.47 Å². The number of hydrogen-bond acceptors (Lipinski definition) is 10. The molecule has 0 spiro atoms. The monoisotopic (exact) mass is 592 g/mol. The van der Waals surface area contributed by atoms with E-state index in [2.05, 4.69) is 10.1 Å². The Hall–Kier alpha value is -4.61. The molecule has 1 N–H and O–H groups in total. The van der Waals surface area contributed by atoms with Crippen molar-refractivity contribution in [1.82, 2.24) is 10.2 Å². The van der Waals surface area contributed by atoms with Gasteiger partial charge in [-0.2, -0.15) is 0 Å². The highest BCUT2D eigenvalue weighted by atomic mass is 16.5. The molecule has 1 aromatic rings. The van der Waals surface area contributed by atoms with E-state index in [1.54, 1.807) is 37.3 Å². The van der Waals surface area contributed by atoms with Gasteiger partial charge in [0.25, 0.3) is 5.91 Å². The van der Waals surface area contributed by atoms with E-state index in [1.807, 2.05) is 0 Å². The Kier molecular flexibility index (Phi) is 7.57. The SMILES string of the molecule is COC(=O)CN1C(=O)C2C(C)C3=C4C(CC(C(=O)OC)=CC(C(=O)OC)C4[C@@](C)(NC(=O)c4ccccc4)C3=O)C2C1=O. The fraction of sp³-hybridized carbons (Fsp3) is 0.452.